The van der Waals surface area contributed by atoms with Gasteiger partial charge in [0.15, 0.2) is 0 Å². The normalized spacial score (nSPS) is 8.90. The summed E-state index contributed by atoms with van der Waals surface area (Å²) in [5.41, 5.74) is 5.28. The second-order valence-corrected chi connectivity index (χ2v) is 1.64. The van der Waals surface area contributed by atoms with Gasteiger partial charge in [-0.25, -0.2) is 4.98 Å². The fourth-order valence-corrected chi connectivity index (χ4v) is 0.522. The molecule has 1 rings (SSSR count). The number of nitrogen functional groups attached to an aromatic ring is 1. The Bertz CT molecular complexity index is 201. The third-order valence-corrected chi connectivity index (χ3v) is 0.948. The molecule has 3 N–H and O–H groups in total. The van der Waals surface area contributed by atoms with Crippen molar-refractivity contribution in [1.29, 1.82) is 0 Å². The summed E-state index contributed by atoms with van der Waals surface area (Å²) in [5.74, 6) is 0.877. The molecule has 1 radical (unpaired) electrons. The van der Waals surface area contributed by atoms with E-state index in [9.17, 15) is 0 Å². The van der Waals surface area contributed by atoms with Crippen LogP contribution in [0.5, 0.6) is 5.75 Å². The van der Waals surface area contributed by atoms with Crippen molar-refractivity contribution in [3.05, 3.63) is 18.3 Å². The van der Waals surface area contributed by atoms with Crippen LogP contribution in [-0.2, 0) is 0 Å². The minimum atomic E-state index is 0.422. The van der Waals surface area contributed by atoms with Crippen LogP contribution in [0.1, 0.15) is 0 Å². The highest BCUT2D eigenvalue weighted by Crippen LogP contribution is 2.08. The van der Waals surface area contributed by atoms with Gasteiger partial charge in [0.1, 0.15) is 11.6 Å². The summed E-state index contributed by atoms with van der Waals surface area (Å²) in [7, 11) is 0.590. The van der Waals surface area contributed by atoms with Crippen LogP contribution in [0.15, 0.2) is 18.3 Å². The molecule has 0 fully saturated rings. The Balaban J connectivity index is 2.69. The Morgan fingerprint density at radius 1 is 1.60 bits per heavy atom. The Morgan fingerprint density at radius 2 is 2.40 bits per heavy atom. The van der Waals surface area contributed by atoms with E-state index in [1.807, 2.05) is 0 Å². The number of hydrogen-bond donors (Lipinski definition) is 2. The molecule has 5 heteroatoms. The minimum absolute atomic E-state index is 0.422. The van der Waals surface area contributed by atoms with Crippen molar-refractivity contribution in [1.82, 2.24) is 4.98 Å². The number of aromatic nitrogens is 1. The van der Waals surface area contributed by atoms with Gasteiger partial charge in [0.05, 0.1) is 6.20 Å². The molecule has 1 aromatic rings. The fraction of sp³-hybridized carbons (Fsp3) is 0. The van der Waals surface area contributed by atoms with Crippen molar-refractivity contribution in [2.24, 2.45) is 0 Å². The minimum Gasteiger partial charge on any atom is -0.536 e. The lowest BCUT2D eigenvalue weighted by molar-refractivity contribution is 0.452. The number of hydrogen-bond acceptors (Lipinski definition) is 4. The smallest absolute Gasteiger partial charge is 0.536 e. The van der Waals surface area contributed by atoms with Gasteiger partial charge in [-0.15, -0.1) is 0 Å². The molecule has 0 bridgehead atoms. The van der Waals surface area contributed by atoms with E-state index >= 15 is 0 Å². The van der Waals surface area contributed by atoms with E-state index < -0.39 is 0 Å². The van der Waals surface area contributed by atoms with Crippen LogP contribution in [0, 0.1) is 0 Å². The standard InChI is InChI=1S/C5H6BN2O2/c7-5-2-1-4(3-8-5)10-6-9/h1-3,9H,(H2,7,8). The van der Waals surface area contributed by atoms with Crippen LogP contribution < -0.4 is 10.4 Å². The number of pyridine rings is 1. The molecule has 1 heterocycles. The lowest BCUT2D eigenvalue weighted by Crippen LogP contribution is -2.00. The van der Waals surface area contributed by atoms with Crippen molar-refractivity contribution in [2.75, 3.05) is 5.73 Å². The van der Waals surface area contributed by atoms with E-state index in [2.05, 4.69) is 9.64 Å². The zero-order chi connectivity index (χ0) is 7.40. The summed E-state index contributed by atoms with van der Waals surface area (Å²) >= 11 is 0. The van der Waals surface area contributed by atoms with Crippen LogP contribution in [0.3, 0.4) is 0 Å². The Hall–Kier alpha value is -1.23. The molecule has 0 unspecified atom stereocenters. The van der Waals surface area contributed by atoms with Crippen molar-refractivity contribution in [2.45, 2.75) is 0 Å². The summed E-state index contributed by atoms with van der Waals surface area (Å²) in [6.45, 7) is 0. The predicted octanol–water partition coefficient (Wildman–Crippen LogP) is -0.431. The first-order valence-electron chi connectivity index (χ1n) is 2.67. The highest BCUT2D eigenvalue weighted by molar-refractivity contribution is 6.17. The second-order valence-electron chi connectivity index (χ2n) is 1.64. The molecule has 0 aliphatic heterocycles. The van der Waals surface area contributed by atoms with Gasteiger partial charge in [-0.05, 0) is 12.1 Å². The number of nitrogens with zero attached hydrogens (tertiary/aromatic N) is 1. The van der Waals surface area contributed by atoms with Gasteiger partial charge in [-0.3, -0.25) is 0 Å². The van der Waals surface area contributed by atoms with Gasteiger partial charge in [0, 0.05) is 0 Å². The van der Waals surface area contributed by atoms with Gasteiger partial charge in [-0.1, -0.05) is 0 Å². The molecule has 0 aromatic carbocycles. The van der Waals surface area contributed by atoms with Crippen molar-refractivity contribution in [3.63, 3.8) is 0 Å². The molecule has 0 saturated heterocycles. The van der Waals surface area contributed by atoms with E-state index in [-0.39, 0.29) is 0 Å². The maximum Gasteiger partial charge on any atom is 0.569 e. The molecule has 0 aliphatic carbocycles. The maximum atomic E-state index is 8.18. The van der Waals surface area contributed by atoms with Crippen LogP contribution in [0.25, 0.3) is 0 Å². The summed E-state index contributed by atoms with van der Waals surface area (Å²) in [6, 6.07) is 3.19. The molecule has 0 spiro atoms. The zero-order valence-corrected chi connectivity index (χ0v) is 5.19. The van der Waals surface area contributed by atoms with E-state index in [4.69, 9.17) is 10.8 Å². The zero-order valence-electron chi connectivity index (χ0n) is 5.19. The molecule has 0 amide bonds. The van der Waals surface area contributed by atoms with Gasteiger partial charge in [0.25, 0.3) is 0 Å². The Labute approximate surface area is 59.0 Å². The Kier molecular flexibility index (Phi) is 2.12. The average molecular weight is 137 g/mol. The lowest BCUT2D eigenvalue weighted by atomic mass is 10.4. The van der Waals surface area contributed by atoms with Crippen molar-refractivity contribution in [3.8, 4) is 5.75 Å². The van der Waals surface area contributed by atoms with Crippen LogP contribution >= 0.6 is 0 Å². The lowest BCUT2D eigenvalue weighted by Gasteiger charge is -1.98. The first kappa shape index (κ1) is 6.89. The average Bonchev–Trinajstić information content (AvgIpc) is 1.95. The van der Waals surface area contributed by atoms with Gasteiger partial charge in [0.2, 0.25) is 0 Å². The van der Waals surface area contributed by atoms with E-state index in [1.165, 1.54) is 6.20 Å². The van der Waals surface area contributed by atoms with Gasteiger partial charge >= 0.3 is 7.69 Å². The third-order valence-electron chi connectivity index (χ3n) is 0.948. The molecule has 10 heavy (non-hydrogen) atoms. The quantitative estimate of drug-likeness (QED) is 0.542. The van der Waals surface area contributed by atoms with Crippen molar-refractivity contribution < 1.29 is 9.68 Å². The van der Waals surface area contributed by atoms with Gasteiger partial charge < -0.3 is 15.4 Å². The summed E-state index contributed by atoms with van der Waals surface area (Å²) < 4.78 is 4.57. The third kappa shape index (κ3) is 1.63. The number of rotatable bonds is 2. The predicted molar refractivity (Wildman–Crippen MR) is 37.3 cm³/mol. The highest BCUT2D eigenvalue weighted by atomic mass is 16.5. The largest absolute Gasteiger partial charge is 0.569 e. The van der Waals surface area contributed by atoms with Crippen LogP contribution in [-0.4, -0.2) is 17.7 Å². The summed E-state index contributed by atoms with van der Waals surface area (Å²) in [5, 5.41) is 8.18. The second kappa shape index (κ2) is 3.07. The van der Waals surface area contributed by atoms with Crippen molar-refractivity contribution >= 4 is 13.5 Å². The Morgan fingerprint density at radius 3 is 2.90 bits per heavy atom. The topological polar surface area (TPSA) is 68.4 Å². The van der Waals surface area contributed by atoms with E-state index in [0.29, 0.717) is 19.3 Å². The molecular weight excluding hydrogens is 131 g/mol. The molecule has 4 nitrogen and oxygen atoms in total. The molecular formula is C5H6BN2O2. The maximum absolute atomic E-state index is 8.18. The first-order valence-corrected chi connectivity index (χ1v) is 2.67. The molecule has 0 saturated carbocycles. The van der Waals surface area contributed by atoms with Crippen LogP contribution in [0.2, 0.25) is 0 Å². The van der Waals surface area contributed by atoms with Crippen LogP contribution in [0.4, 0.5) is 5.82 Å². The highest BCUT2D eigenvalue weighted by Gasteiger charge is 1.92. The first-order chi connectivity index (χ1) is 4.83. The molecule has 51 valence electrons. The van der Waals surface area contributed by atoms with Gasteiger partial charge in [-0.2, -0.15) is 0 Å². The monoisotopic (exact) mass is 137 g/mol. The SMILES string of the molecule is Nc1ccc(O[B]O)cn1. The number of nitrogens with two attached hydrogens (primary N) is 1. The molecule has 1 aromatic heterocycles. The van der Waals surface area contributed by atoms with E-state index in [0.717, 1.165) is 0 Å². The summed E-state index contributed by atoms with van der Waals surface area (Å²) in [4.78, 5) is 3.72. The molecule has 0 aliphatic rings. The molecule has 0 atom stereocenters. The fourth-order valence-electron chi connectivity index (χ4n) is 0.522. The number of anilines is 1. The summed E-state index contributed by atoms with van der Waals surface area (Å²) in [6.07, 6.45) is 1.42. The van der Waals surface area contributed by atoms with E-state index in [1.54, 1.807) is 12.1 Å².